The zero-order chi connectivity index (χ0) is 18.7. The Morgan fingerprint density at radius 1 is 0.731 bits per heavy atom. The van der Waals surface area contributed by atoms with Crippen LogP contribution in [0.4, 0.5) is 36.2 Å². The lowest BCUT2D eigenvalue weighted by molar-refractivity contribution is -0.137. The van der Waals surface area contributed by atoms with Crippen molar-refractivity contribution in [1.29, 1.82) is 0 Å². The number of halogens is 3. The number of nitrogens with zero attached hydrogens (tertiary/aromatic N) is 2. The number of alkyl halides is 3. The Hall–Kier alpha value is -3.09. The van der Waals surface area contributed by atoms with Gasteiger partial charge < -0.3 is 10.6 Å². The number of aryl methyl sites for hydroxylation is 2. The van der Waals surface area contributed by atoms with Crippen molar-refractivity contribution < 1.29 is 13.2 Å². The van der Waals surface area contributed by atoms with E-state index >= 15 is 0 Å². The highest BCUT2D eigenvalue weighted by Crippen LogP contribution is 2.30. The highest BCUT2D eigenvalue weighted by Gasteiger charge is 2.29. The smallest absolute Gasteiger partial charge is 0.340 e. The molecule has 3 rings (SSSR count). The molecule has 0 aliphatic heterocycles. The van der Waals surface area contributed by atoms with Gasteiger partial charge in [-0.1, -0.05) is 17.7 Å². The van der Waals surface area contributed by atoms with Crippen molar-refractivity contribution in [3.05, 3.63) is 71.5 Å². The Balaban J connectivity index is 1.78. The molecule has 2 N–H and O–H groups in total. The van der Waals surface area contributed by atoms with E-state index in [1.165, 1.54) is 12.1 Å². The van der Waals surface area contributed by atoms with Gasteiger partial charge in [-0.3, -0.25) is 0 Å². The van der Waals surface area contributed by atoms with Crippen molar-refractivity contribution in [2.75, 3.05) is 10.6 Å². The topological polar surface area (TPSA) is 49.8 Å². The fraction of sp³-hybridized carbons (Fsp3) is 0.158. The molecule has 0 saturated heterocycles. The van der Waals surface area contributed by atoms with Crippen LogP contribution in [0.5, 0.6) is 0 Å². The molecule has 0 amide bonds. The van der Waals surface area contributed by atoms with E-state index < -0.39 is 11.7 Å². The Morgan fingerprint density at radius 2 is 1.19 bits per heavy atom. The van der Waals surface area contributed by atoms with Crippen molar-refractivity contribution >= 4 is 23.0 Å². The second kappa shape index (κ2) is 7.03. The zero-order valence-electron chi connectivity index (χ0n) is 14.2. The SMILES string of the molecule is Cc1ccc(Nc2cc(Nc3ccc(C(F)(F)F)cc3)nc(C)n2)cc1. The summed E-state index contributed by atoms with van der Waals surface area (Å²) in [6.45, 7) is 3.75. The van der Waals surface area contributed by atoms with E-state index in [4.69, 9.17) is 0 Å². The summed E-state index contributed by atoms with van der Waals surface area (Å²) in [4.78, 5) is 8.60. The minimum absolute atomic E-state index is 0.492. The highest BCUT2D eigenvalue weighted by molar-refractivity contribution is 5.63. The van der Waals surface area contributed by atoms with Gasteiger partial charge in [0, 0.05) is 17.4 Å². The minimum Gasteiger partial charge on any atom is -0.340 e. The average molecular weight is 358 g/mol. The average Bonchev–Trinajstić information content (AvgIpc) is 2.56. The molecule has 0 aliphatic carbocycles. The number of hydrogen-bond acceptors (Lipinski definition) is 4. The van der Waals surface area contributed by atoms with Crippen LogP contribution >= 0.6 is 0 Å². The van der Waals surface area contributed by atoms with E-state index in [0.29, 0.717) is 23.1 Å². The van der Waals surface area contributed by atoms with Crippen LogP contribution in [0.15, 0.2) is 54.6 Å². The molecule has 4 nitrogen and oxygen atoms in total. The molecule has 1 aromatic heterocycles. The van der Waals surface area contributed by atoms with E-state index in [2.05, 4.69) is 20.6 Å². The minimum atomic E-state index is -4.35. The maximum absolute atomic E-state index is 12.6. The predicted octanol–water partition coefficient (Wildman–Crippen LogP) is 5.60. The molecule has 134 valence electrons. The third kappa shape index (κ3) is 4.50. The number of hydrogen-bond donors (Lipinski definition) is 2. The third-order valence-corrected chi connectivity index (χ3v) is 3.65. The van der Waals surface area contributed by atoms with E-state index in [1.807, 2.05) is 31.2 Å². The summed E-state index contributed by atoms with van der Waals surface area (Å²) < 4.78 is 37.9. The number of aromatic nitrogens is 2. The normalized spacial score (nSPS) is 11.3. The molecule has 0 atom stereocenters. The van der Waals surface area contributed by atoms with E-state index in [-0.39, 0.29) is 0 Å². The summed E-state index contributed by atoms with van der Waals surface area (Å²) >= 11 is 0. The van der Waals surface area contributed by atoms with E-state index in [0.717, 1.165) is 23.4 Å². The maximum atomic E-state index is 12.6. The molecule has 0 saturated carbocycles. The van der Waals surface area contributed by atoms with Crippen LogP contribution in [0.3, 0.4) is 0 Å². The molecule has 2 aromatic carbocycles. The van der Waals surface area contributed by atoms with Gasteiger partial charge >= 0.3 is 6.18 Å². The summed E-state index contributed by atoms with van der Waals surface area (Å²) in [6.07, 6.45) is -4.35. The monoisotopic (exact) mass is 358 g/mol. The first-order valence-corrected chi connectivity index (χ1v) is 7.93. The quantitative estimate of drug-likeness (QED) is 0.637. The second-order valence-electron chi connectivity index (χ2n) is 5.88. The van der Waals surface area contributed by atoms with Gasteiger partial charge in [-0.2, -0.15) is 13.2 Å². The van der Waals surface area contributed by atoms with Crippen LogP contribution in [-0.4, -0.2) is 9.97 Å². The summed E-state index contributed by atoms with van der Waals surface area (Å²) in [6, 6.07) is 14.3. The molecule has 0 unspecified atom stereocenters. The van der Waals surface area contributed by atoms with Crippen LogP contribution in [0.25, 0.3) is 0 Å². The van der Waals surface area contributed by atoms with Crippen LogP contribution in [0.1, 0.15) is 17.0 Å². The van der Waals surface area contributed by atoms with Gasteiger partial charge in [0.25, 0.3) is 0 Å². The number of anilines is 4. The third-order valence-electron chi connectivity index (χ3n) is 3.65. The van der Waals surface area contributed by atoms with Crippen LogP contribution in [-0.2, 0) is 6.18 Å². The lowest BCUT2D eigenvalue weighted by Gasteiger charge is -2.11. The first-order valence-electron chi connectivity index (χ1n) is 7.93. The van der Waals surface area contributed by atoms with Gasteiger partial charge in [0.1, 0.15) is 17.5 Å². The fourth-order valence-corrected chi connectivity index (χ4v) is 2.37. The fourth-order valence-electron chi connectivity index (χ4n) is 2.37. The van der Waals surface area contributed by atoms with Gasteiger partial charge in [0.05, 0.1) is 5.56 Å². The molecular formula is C19H17F3N4. The summed E-state index contributed by atoms with van der Waals surface area (Å²) in [5, 5.41) is 6.19. The number of rotatable bonds is 4. The van der Waals surface area contributed by atoms with Gasteiger partial charge in [-0.15, -0.1) is 0 Å². The number of benzene rings is 2. The second-order valence-corrected chi connectivity index (χ2v) is 5.88. The lowest BCUT2D eigenvalue weighted by atomic mass is 10.2. The molecule has 3 aromatic rings. The molecule has 0 spiro atoms. The van der Waals surface area contributed by atoms with Crippen molar-refractivity contribution in [3.8, 4) is 0 Å². The predicted molar refractivity (Wildman–Crippen MR) is 96.0 cm³/mol. The standard InChI is InChI=1S/C19H17F3N4/c1-12-3-7-15(8-4-12)25-17-11-18(24-13(2)23-17)26-16-9-5-14(6-10-16)19(20,21)22/h3-11H,1-2H3,(H2,23,24,25,26). The summed E-state index contributed by atoms with van der Waals surface area (Å²) in [5.74, 6) is 1.62. The molecular weight excluding hydrogens is 341 g/mol. The van der Waals surface area contributed by atoms with Gasteiger partial charge in [-0.05, 0) is 50.2 Å². The molecule has 0 radical (unpaired) electrons. The van der Waals surface area contributed by atoms with Gasteiger partial charge in [0.2, 0.25) is 0 Å². The molecule has 7 heteroatoms. The van der Waals surface area contributed by atoms with Crippen LogP contribution in [0, 0.1) is 13.8 Å². The first kappa shape index (κ1) is 17.7. The van der Waals surface area contributed by atoms with E-state index in [1.54, 1.807) is 13.0 Å². The van der Waals surface area contributed by atoms with Crippen molar-refractivity contribution in [1.82, 2.24) is 9.97 Å². The van der Waals surface area contributed by atoms with Crippen LogP contribution in [0.2, 0.25) is 0 Å². The van der Waals surface area contributed by atoms with Crippen molar-refractivity contribution in [3.63, 3.8) is 0 Å². The highest BCUT2D eigenvalue weighted by atomic mass is 19.4. The Bertz CT molecular complexity index is 888. The zero-order valence-corrected chi connectivity index (χ0v) is 14.2. The Labute approximate surface area is 149 Å². The van der Waals surface area contributed by atoms with Gasteiger partial charge in [-0.25, -0.2) is 9.97 Å². The first-order chi connectivity index (χ1) is 12.3. The van der Waals surface area contributed by atoms with Crippen LogP contribution < -0.4 is 10.6 Å². The molecule has 0 bridgehead atoms. The Morgan fingerprint density at radius 3 is 1.65 bits per heavy atom. The molecule has 26 heavy (non-hydrogen) atoms. The molecule has 0 fully saturated rings. The van der Waals surface area contributed by atoms with E-state index in [9.17, 15) is 13.2 Å². The molecule has 1 heterocycles. The Kier molecular flexibility index (Phi) is 4.79. The summed E-state index contributed by atoms with van der Waals surface area (Å²) in [5.41, 5.74) is 1.86. The van der Waals surface area contributed by atoms with Crippen molar-refractivity contribution in [2.45, 2.75) is 20.0 Å². The maximum Gasteiger partial charge on any atom is 0.416 e. The van der Waals surface area contributed by atoms with Gasteiger partial charge in [0.15, 0.2) is 0 Å². The summed E-state index contributed by atoms with van der Waals surface area (Å²) in [7, 11) is 0. The number of nitrogens with one attached hydrogen (secondary N) is 2. The van der Waals surface area contributed by atoms with Crippen molar-refractivity contribution in [2.24, 2.45) is 0 Å². The molecule has 0 aliphatic rings. The largest absolute Gasteiger partial charge is 0.416 e. The lowest BCUT2D eigenvalue weighted by Crippen LogP contribution is -2.05.